The minimum absolute atomic E-state index is 0.0272. The maximum atomic E-state index is 15.1. The number of nitrogens with one attached hydrogen (secondary N) is 1. The third-order valence-electron chi connectivity index (χ3n) is 8.36. The van der Waals surface area contributed by atoms with E-state index in [0.717, 1.165) is 5.57 Å². The van der Waals surface area contributed by atoms with Crippen molar-refractivity contribution in [2.45, 2.75) is 58.8 Å². The highest BCUT2D eigenvalue weighted by Gasteiger charge is 2.36. The molecule has 4 heterocycles. The van der Waals surface area contributed by atoms with E-state index in [-0.39, 0.29) is 57.6 Å². The Bertz CT molecular complexity index is 1630. The molecule has 1 saturated heterocycles. The Kier molecular flexibility index (Phi) is 8.13. The average molecular weight is 595 g/mol. The highest BCUT2D eigenvalue weighted by atomic mass is 35.5. The number of carbonyl (C=O) groups excluding carboxylic acids is 1. The molecule has 2 unspecified atom stereocenters. The SMILES string of the molecule is C=CC(=O)N1C[C@H](C)N(c2nc(=O)n(C3C(C)=CCNC3C(C)C)c3nc(-c4c(O)cccc4F)c(Cl)cc23)C[C@H]1C. The molecule has 0 aliphatic carbocycles. The van der Waals surface area contributed by atoms with E-state index in [2.05, 4.69) is 30.7 Å². The fourth-order valence-corrected chi connectivity index (χ4v) is 6.44. The van der Waals surface area contributed by atoms with E-state index in [9.17, 15) is 14.7 Å². The van der Waals surface area contributed by atoms with Crippen LogP contribution >= 0.6 is 11.6 Å². The Hall–Kier alpha value is -3.76. The van der Waals surface area contributed by atoms with Gasteiger partial charge in [-0.2, -0.15) is 4.98 Å². The van der Waals surface area contributed by atoms with E-state index in [1.165, 1.54) is 24.3 Å². The quantitative estimate of drug-likeness (QED) is 0.326. The zero-order valence-electron chi connectivity index (χ0n) is 24.4. The van der Waals surface area contributed by atoms with E-state index in [1.54, 1.807) is 15.5 Å². The second-order valence-electron chi connectivity index (χ2n) is 11.5. The number of aromatic nitrogens is 3. The summed E-state index contributed by atoms with van der Waals surface area (Å²) in [6.07, 6.45) is 3.34. The van der Waals surface area contributed by atoms with Gasteiger partial charge in [-0.3, -0.25) is 9.36 Å². The first-order valence-corrected chi connectivity index (χ1v) is 14.5. The Labute approximate surface area is 249 Å². The summed E-state index contributed by atoms with van der Waals surface area (Å²) in [7, 11) is 0. The number of benzene rings is 1. The van der Waals surface area contributed by atoms with Crippen LogP contribution < -0.4 is 15.9 Å². The van der Waals surface area contributed by atoms with E-state index in [1.807, 2.05) is 31.7 Å². The molecule has 0 radical (unpaired) electrons. The van der Waals surface area contributed by atoms with Crippen LogP contribution in [0.15, 0.2) is 53.4 Å². The van der Waals surface area contributed by atoms with Gasteiger partial charge in [0.1, 0.15) is 23.0 Å². The molecule has 0 spiro atoms. The minimum atomic E-state index is -0.687. The summed E-state index contributed by atoms with van der Waals surface area (Å²) in [5.74, 6) is -0.603. The third-order valence-corrected chi connectivity index (χ3v) is 8.65. The zero-order valence-corrected chi connectivity index (χ0v) is 25.2. The molecule has 1 fully saturated rings. The largest absolute Gasteiger partial charge is 0.507 e. The van der Waals surface area contributed by atoms with Gasteiger partial charge in [-0.1, -0.05) is 49.7 Å². The van der Waals surface area contributed by atoms with Crippen LogP contribution in [0.4, 0.5) is 10.2 Å². The fraction of sp³-hybridized carbons (Fsp3) is 0.419. The predicted octanol–water partition coefficient (Wildman–Crippen LogP) is 4.68. The second kappa shape index (κ2) is 11.5. The van der Waals surface area contributed by atoms with Crippen LogP contribution in [0, 0.1) is 11.7 Å². The number of piperazine rings is 1. The summed E-state index contributed by atoms with van der Waals surface area (Å²) in [6.45, 7) is 15.1. The topological polar surface area (TPSA) is 104 Å². The van der Waals surface area contributed by atoms with Crippen molar-refractivity contribution >= 4 is 34.4 Å². The molecule has 2 N–H and O–H groups in total. The molecule has 0 bridgehead atoms. The number of carbonyl (C=O) groups is 1. The van der Waals surface area contributed by atoms with E-state index < -0.39 is 17.5 Å². The van der Waals surface area contributed by atoms with Crippen LogP contribution in [0.3, 0.4) is 0 Å². The van der Waals surface area contributed by atoms with Crippen molar-refractivity contribution in [3.8, 4) is 17.0 Å². The van der Waals surface area contributed by atoms with Crippen molar-refractivity contribution in [1.82, 2.24) is 24.8 Å². The van der Waals surface area contributed by atoms with Crippen molar-refractivity contribution in [3.63, 3.8) is 0 Å². The van der Waals surface area contributed by atoms with Crippen molar-refractivity contribution < 1.29 is 14.3 Å². The number of rotatable bonds is 5. The van der Waals surface area contributed by atoms with Gasteiger partial charge < -0.3 is 20.2 Å². The van der Waals surface area contributed by atoms with Gasteiger partial charge in [0.05, 0.1) is 27.7 Å². The number of pyridine rings is 1. The fourth-order valence-electron chi connectivity index (χ4n) is 6.20. The van der Waals surface area contributed by atoms with Gasteiger partial charge in [-0.25, -0.2) is 14.2 Å². The molecular formula is C31H36ClFN6O3. The van der Waals surface area contributed by atoms with Crippen molar-refractivity contribution in [1.29, 1.82) is 0 Å². The number of anilines is 1. The Balaban J connectivity index is 1.80. The molecule has 1 amide bonds. The minimum Gasteiger partial charge on any atom is -0.507 e. The second-order valence-corrected chi connectivity index (χ2v) is 11.9. The lowest BCUT2D eigenvalue weighted by atomic mass is 9.88. The van der Waals surface area contributed by atoms with Crippen LogP contribution in [0.5, 0.6) is 5.75 Å². The van der Waals surface area contributed by atoms with Crippen molar-refractivity contribution in [3.05, 3.63) is 69.9 Å². The first kappa shape index (κ1) is 29.7. The van der Waals surface area contributed by atoms with Gasteiger partial charge in [0.2, 0.25) is 5.91 Å². The van der Waals surface area contributed by atoms with Crippen LogP contribution in [0.25, 0.3) is 22.3 Å². The molecule has 42 heavy (non-hydrogen) atoms. The zero-order chi connectivity index (χ0) is 30.5. The number of phenols is 1. The predicted molar refractivity (Wildman–Crippen MR) is 163 cm³/mol. The number of phenolic OH excluding ortho intramolecular Hbond substituents is 1. The van der Waals surface area contributed by atoms with Gasteiger partial charge in [0.25, 0.3) is 0 Å². The maximum Gasteiger partial charge on any atom is 0.351 e. The average Bonchev–Trinajstić information content (AvgIpc) is 2.94. The monoisotopic (exact) mass is 594 g/mol. The third kappa shape index (κ3) is 5.07. The summed E-state index contributed by atoms with van der Waals surface area (Å²) in [4.78, 5) is 39.7. The summed E-state index contributed by atoms with van der Waals surface area (Å²) in [5, 5.41) is 14.7. The number of halogens is 2. The summed E-state index contributed by atoms with van der Waals surface area (Å²) < 4.78 is 16.6. The van der Waals surface area contributed by atoms with Crippen LogP contribution in [0.2, 0.25) is 5.02 Å². The maximum absolute atomic E-state index is 15.1. The molecule has 11 heteroatoms. The van der Waals surface area contributed by atoms with Crippen molar-refractivity contribution in [2.75, 3.05) is 24.5 Å². The molecule has 9 nitrogen and oxygen atoms in total. The molecule has 5 rings (SSSR count). The van der Waals surface area contributed by atoms with Crippen LogP contribution in [-0.4, -0.2) is 68.2 Å². The van der Waals surface area contributed by atoms with Gasteiger partial charge in [-0.15, -0.1) is 0 Å². The van der Waals surface area contributed by atoms with Gasteiger partial charge in [0, 0.05) is 37.8 Å². The van der Waals surface area contributed by atoms with Crippen LogP contribution in [-0.2, 0) is 4.79 Å². The molecular weight excluding hydrogens is 559 g/mol. The van der Waals surface area contributed by atoms with Crippen molar-refractivity contribution in [2.24, 2.45) is 5.92 Å². The first-order valence-electron chi connectivity index (χ1n) is 14.1. The number of hydrogen-bond acceptors (Lipinski definition) is 7. The Morgan fingerprint density at radius 1 is 1.24 bits per heavy atom. The van der Waals surface area contributed by atoms with E-state index >= 15 is 4.39 Å². The number of fused-ring (bicyclic) bond motifs is 1. The number of aromatic hydroxyl groups is 1. The molecule has 1 aromatic carbocycles. The highest BCUT2D eigenvalue weighted by Crippen LogP contribution is 2.40. The summed E-state index contributed by atoms with van der Waals surface area (Å²) >= 11 is 6.77. The van der Waals surface area contributed by atoms with Gasteiger partial charge in [-0.05, 0) is 51.0 Å². The van der Waals surface area contributed by atoms with Gasteiger partial charge >= 0.3 is 5.69 Å². The lowest BCUT2D eigenvalue weighted by molar-refractivity contribution is -0.128. The van der Waals surface area contributed by atoms with Crippen LogP contribution in [0.1, 0.15) is 40.7 Å². The number of nitrogens with zero attached hydrogens (tertiary/aromatic N) is 5. The molecule has 2 aliphatic rings. The van der Waals surface area contributed by atoms with E-state index in [4.69, 9.17) is 16.6 Å². The molecule has 4 atom stereocenters. The Morgan fingerprint density at radius 3 is 2.64 bits per heavy atom. The lowest BCUT2D eigenvalue weighted by Crippen LogP contribution is -2.58. The molecule has 2 aromatic heterocycles. The first-order chi connectivity index (χ1) is 19.9. The normalized spacial score (nSPS) is 22.9. The molecule has 3 aromatic rings. The number of hydrogen-bond donors (Lipinski definition) is 2. The summed E-state index contributed by atoms with van der Waals surface area (Å²) in [6, 6.07) is 4.75. The van der Waals surface area contributed by atoms with Gasteiger partial charge in [0.15, 0.2) is 0 Å². The molecule has 222 valence electrons. The molecule has 2 aliphatic heterocycles. The lowest BCUT2D eigenvalue weighted by Gasteiger charge is -2.44. The summed E-state index contributed by atoms with van der Waals surface area (Å²) in [5.41, 5.74) is 0.640. The highest BCUT2D eigenvalue weighted by molar-refractivity contribution is 6.34. The standard InChI is InChI=1S/C31H36ClFN6O3/c1-7-24(41)37-14-19(6)38(15-18(37)5)29-20-13-21(32)27(25-22(33)9-8-10-23(25)40)35-30(20)39(31(42)36-29)28-17(4)11-12-34-26(28)16(2)3/h7-11,13,16,18-19,26,28,34,40H,1,12,14-15H2,2-6H3/t18-,19+,26?,28?/m1/s1. The number of amides is 1. The molecule has 0 saturated carbocycles. The smallest absolute Gasteiger partial charge is 0.351 e. The Morgan fingerprint density at radius 2 is 1.98 bits per heavy atom. The van der Waals surface area contributed by atoms with E-state index in [0.29, 0.717) is 30.8 Å².